The van der Waals surface area contributed by atoms with Crippen molar-refractivity contribution < 1.29 is 41.1 Å². The molecule has 0 spiro atoms. The molecule has 118 valence electrons. The topological polar surface area (TPSA) is 110 Å². The predicted octanol–water partition coefficient (Wildman–Crippen LogP) is -0.646. The van der Waals surface area contributed by atoms with E-state index in [-0.39, 0.29) is 37.3 Å². The van der Waals surface area contributed by atoms with Crippen LogP contribution in [-0.2, 0) is 38.0 Å². The summed E-state index contributed by atoms with van der Waals surface area (Å²) in [5.41, 5.74) is 0. The normalized spacial score (nSPS) is 48.1. The highest BCUT2D eigenvalue weighted by molar-refractivity contribution is 7.86. The van der Waals surface area contributed by atoms with Crippen LogP contribution in [0.1, 0.15) is 6.42 Å². The van der Waals surface area contributed by atoms with Crippen LogP contribution in [0.15, 0.2) is 0 Å². The van der Waals surface area contributed by atoms with Crippen molar-refractivity contribution in [2.24, 2.45) is 5.92 Å². The van der Waals surface area contributed by atoms with E-state index in [1.165, 1.54) is 0 Å². The fourth-order valence-electron chi connectivity index (χ4n) is 2.84. The third-order valence-electron chi connectivity index (χ3n) is 3.92. The van der Waals surface area contributed by atoms with Crippen LogP contribution in [0.3, 0.4) is 0 Å². The van der Waals surface area contributed by atoms with Crippen LogP contribution in [0.2, 0.25) is 0 Å². The lowest BCUT2D eigenvalue weighted by Crippen LogP contribution is -2.47. The minimum Gasteiger partial charge on any atom is -0.430 e. The Labute approximate surface area is 120 Å². The highest BCUT2D eigenvalue weighted by Gasteiger charge is 2.51. The van der Waals surface area contributed by atoms with Gasteiger partial charge in [-0.1, -0.05) is 0 Å². The highest BCUT2D eigenvalue weighted by atomic mass is 32.2. The fraction of sp³-hybridized carbons (Fsp3) is 0.909. The average Bonchev–Trinajstić information content (AvgIpc) is 3.08. The zero-order valence-corrected chi connectivity index (χ0v) is 11.7. The van der Waals surface area contributed by atoms with Crippen LogP contribution in [-0.4, -0.2) is 64.4 Å². The second-order valence-electron chi connectivity index (χ2n) is 5.45. The fourth-order valence-corrected chi connectivity index (χ4v) is 4.38. The Morgan fingerprint density at radius 2 is 1.86 bits per heavy atom. The first-order valence-corrected chi connectivity index (χ1v) is 8.25. The molecular formula is C11H14O9S. The summed E-state index contributed by atoms with van der Waals surface area (Å²) in [6.07, 6.45) is -3.02. The van der Waals surface area contributed by atoms with Gasteiger partial charge >= 0.3 is 6.16 Å². The van der Waals surface area contributed by atoms with Crippen molar-refractivity contribution in [3.05, 3.63) is 0 Å². The maximum Gasteiger partial charge on any atom is 0.508 e. The Hall–Kier alpha value is -0.940. The lowest BCUT2D eigenvalue weighted by atomic mass is 9.94. The lowest BCUT2D eigenvalue weighted by molar-refractivity contribution is -0.121. The minimum absolute atomic E-state index is 0.0123. The van der Waals surface area contributed by atoms with Gasteiger partial charge in [-0.25, -0.2) is 4.79 Å². The molecule has 0 saturated carbocycles. The molecule has 4 heterocycles. The van der Waals surface area contributed by atoms with E-state index < -0.39 is 34.8 Å². The van der Waals surface area contributed by atoms with Gasteiger partial charge in [0.1, 0.15) is 12.7 Å². The maximum atomic E-state index is 11.9. The summed E-state index contributed by atoms with van der Waals surface area (Å²) in [6.45, 7) is 0.261. The van der Waals surface area contributed by atoms with E-state index >= 15 is 0 Å². The van der Waals surface area contributed by atoms with E-state index in [2.05, 4.69) is 4.74 Å². The lowest BCUT2D eigenvalue weighted by Gasteiger charge is -2.35. The summed E-state index contributed by atoms with van der Waals surface area (Å²) >= 11 is 0. The van der Waals surface area contributed by atoms with E-state index in [0.29, 0.717) is 6.42 Å². The molecule has 0 radical (unpaired) electrons. The van der Waals surface area contributed by atoms with Gasteiger partial charge in [0.05, 0.1) is 18.5 Å². The van der Waals surface area contributed by atoms with Gasteiger partial charge in [0.15, 0.2) is 6.10 Å². The highest BCUT2D eigenvalue weighted by Crippen LogP contribution is 2.37. The summed E-state index contributed by atoms with van der Waals surface area (Å²) in [4.78, 5) is 11.0. The molecule has 10 heteroatoms. The molecule has 0 aromatic carbocycles. The molecule has 4 aliphatic rings. The van der Waals surface area contributed by atoms with E-state index in [4.69, 9.17) is 23.1 Å². The van der Waals surface area contributed by atoms with Crippen LogP contribution in [0.5, 0.6) is 0 Å². The second kappa shape index (κ2) is 4.78. The van der Waals surface area contributed by atoms with Gasteiger partial charge in [0.2, 0.25) is 12.6 Å². The van der Waals surface area contributed by atoms with Gasteiger partial charge < -0.3 is 23.7 Å². The molecule has 6 unspecified atom stereocenters. The smallest absolute Gasteiger partial charge is 0.430 e. The standard InChI is InChI=1S/C11H14O9S/c12-11-16-3-8(18-11)6-1-5(4-21(13,14)20-6)7-2-15-9-10(17-7)19-9/h5-10H,1-4H2. The van der Waals surface area contributed by atoms with Crippen molar-refractivity contribution in [3.8, 4) is 0 Å². The Morgan fingerprint density at radius 1 is 1.00 bits per heavy atom. The summed E-state index contributed by atoms with van der Waals surface area (Å²) in [7, 11) is -3.71. The molecule has 0 aromatic heterocycles. The number of cyclic esters (lactones) is 2. The number of ether oxygens (including phenoxy) is 5. The van der Waals surface area contributed by atoms with Crippen molar-refractivity contribution in [2.45, 2.75) is 37.3 Å². The summed E-state index contributed by atoms with van der Waals surface area (Å²) in [5, 5.41) is 0. The van der Waals surface area contributed by atoms with E-state index in [1.807, 2.05) is 0 Å². The third-order valence-corrected chi connectivity index (χ3v) is 5.30. The van der Waals surface area contributed by atoms with Crippen molar-refractivity contribution >= 4 is 16.3 Å². The summed E-state index contributed by atoms with van der Waals surface area (Å²) in [5.74, 6) is -0.464. The van der Waals surface area contributed by atoms with E-state index in [1.54, 1.807) is 0 Å². The molecule has 4 saturated heterocycles. The van der Waals surface area contributed by atoms with Crippen LogP contribution in [0.4, 0.5) is 4.79 Å². The van der Waals surface area contributed by atoms with Crippen LogP contribution in [0.25, 0.3) is 0 Å². The zero-order valence-electron chi connectivity index (χ0n) is 10.9. The predicted molar refractivity (Wildman–Crippen MR) is 62.5 cm³/mol. The van der Waals surface area contributed by atoms with Gasteiger partial charge in [-0.3, -0.25) is 4.18 Å². The molecule has 0 bridgehead atoms. The summed E-state index contributed by atoms with van der Waals surface area (Å²) < 4.78 is 54.5. The largest absolute Gasteiger partial charge is 0.508 e. The SMILES string of the molecule is O=C1OCC(C2CC(C3COC4OC4O3)CS(=O)(=O)O2)O1. The molecule has 21 heavy (non-hydrogen) atoms. The van der Waals surface area contributed by atoms with Crippen molar-refractivity contribution in [3.63, 3.8) is 0 Å². The Balaban J connectivity index is 1.47. The molecule has 4 aliphatic heterocycles. The summed E-state index contributed by atoms with van der Waals surface area (Å²) in [6, 6.07) is 0. The second-order valence-corrected chi connectivity index (χ2v) is 7.09. The Bertz CT molecular complexity index is 546. The number of carbonyl (C=O) groups is 1. The first-order chi connectivity index (χ1) is 10.00. The van der Waals surface area contributed by atoms with Crippen molar-refractivity contribution in [2.75, 3.05) is 19.0 Å². The van der Waals surface area contributed by atoms with Crippen LogP contribution < -0.4 is 0 Å². The molecule has 6 atom stereocenters. The van der Waals surface area contributed by atoms with Gasteiger partial charge in [-0.2, -0.15) is 8.42 Å². The van der Waals surface area contributed by atoms with Crippen LogP contribution in [0, 0.1) is 5.92 Å². The Kier molecular flexibility index (Phi) is 3.12. The quantitative estimate of drug-likeness (QED) is 0.372. The number of hydrogen-bond donors (Lipinski definition) is 0. The number of carbonyl (C=O) groups excluding carboxylic acids is 1. The van der Waals surface area contributed by atoms with Crippen molar-refractivity contribution in [1.29, 1.82) is 0 Å². The number of fused-ring (bicyclic) bond motifs is 1. The molecular weight excluding hydrogens is 308 g/mol. The third kappa shape index (κ3) is 2.73. The number of hydrogen-bond acceptors (Lipinski definition) is 9. The zero-order chi connectivity index (χ0) is 14.6. The van der Waals surface area contributed by atoms with Crippen molar-refractivity contribution in [1.82, 2.24) is 0 Å². The average molecular weight is 322 g/mol. The number of epoxide rings is 1. The van der Waals surface area contributed by atoms with Gasteiger partial charge in [-0.05, 0) is 6.42 Å². The van der Waals surface area contributed by atoms with E-state index in [0.717, 1.165) is 0 Å². The molecule has 0 aromatic rings. The molecule has 9 nitrogen and oxygen atoms in total. The van der Waals surface area contributed by atoms with Gasteiger partial charge in [0.25, 0.3) is 10.1 Å². The molecule has 0 amide bonds. The first kappa shape index (κ1) is 13.7. The molecule has 4 fully saturated rings. The molecule has 0 N–H and O–H groups in total. The molecule has 0 aliphatic carbocycles. The first-order valence-electron chi connectivity index (χ1n) is 6.67. The minimum atomic E-state index is -3.71. The monoisotopic (exact) mass is 322 g/mol. The molecule has 4 rings (SSSR count). The van der Waals surface area contributed by atoms with Crippen LogP contribution >= 0.6 is 0 Å². The van der Waals surface area contributed by atoms with Gasteiger partial charge in [-0.15, -0.1) is 0 Å². The Morgan fingerprint density at radius 3 is 2.57 bits per heavy atom. The van der Waals surface area contributed by atoms with E-state index in [9.17, 15) is 13.2 Å². The number of rotatable bonds is 2. The van der Waals surface area contributed by atoms with Gasteiger partial charge in [0, 0.05) is 5.92 Å². The maximum absolute atomic E-state index is 11.9.